The van der Waals surface area contributed by atoms with Crippen molar-refractivity contribution in [2.24, 2.45) is 17.3 Å². The molecular weight excluding hydrogens is 261 g/mol. The number of benzene rings is 1. The first-order valence-corrected chi connectivity index (χ1v) is 8.20. The van der Waals surface area contributed by atoms with Crippen LogP contribution in [-0.2, 0) is 5.41 Å². The molecule has 2 rings (SSSR count). The van der Waals surface area contributed by atoms with Crippen LogP contribution >= 0.6 is 0 Å². The molecule has 0 saturated heterocycles. The van der Waals surface area contributed by atoms with Crippen molar-refractivity contribution in [3.8, 4) is 0 Å². The van der Waals surface area contributed by atoms with Gasteiger partial charge in [0.25, 0.3) is 0 Å². The number of hydrogen-bond acceptors (Lipinski definition) is 1. The lowest BCUT2D eigenvalue weighted by Gasteiger charge is -2.53. The van der Waals surface area contributed by atoms with Gasteiger partial charge < -0.3 is 5.32 Å². The third-order valence-corrected chi connectivity index (χ3v) is 4.97. The molecule has 0 spiro atoms. The zero-order chi connectivity index (χ0) is 15.7. The lowest BCUT2D eigenvalue weighted by atomic mass is 9.52. The second-order valence-electron chi connectivity index (χ2n) is 8.28. The van der Waals surface area contributed by atoms with Crippen LogP contribution in [0.1, 0.15) is 53.0 Å². The maximum atomic E-state index is 13.2. The Morgan fingerprint density at radius 3 is 2.24 bits per heavy atom. The van der Waals surface area contributed by atoms with Crippen molar-refractivity contribution in [1.82, 2.24) is 5.32 Å². The molecule has 1 aromatic rings. The molecule has 1 aliphatic carbocycles. The topological polar surface area (TPSA) is 12.0 Å². The highest BCUT2D eigenvalue weighted by Gasteiger charge is 2.48. The molecule has 0 atom stereocenters. The summed E-state index contributed by atoms with van der Waals surface area (Å²) < 4.78 is 13.2. The Hall–Kier alpha value is -0.890. The van der Waals surface area contributed by atoms with E-state index in [1.54, 1.807) is 12.1 Å². The van der Waals surface area contributed by atoms with Crippen LogP contribution in [0.5, 0.6) is 0 Å². The fraction of sp³-hybridized carbons (Fsp3) is 0.684. The fourth-order valence-corrected chi connectivity index (χ4v) is 3.38. The Kier molecular flexibility index (Phi) is 4.77. The van der Waals surface area contributed by atoms with Gasteiger partial charge >= 0.3 is 0 Å². The molecule has 0 heterocycles. The minimum absolute atomic E-state index is 0.143. The van der Waals surface area contributed by atoms with E-state index in [2.05, 4.69) is 39.9 Å². The summed E-state index contributed by atoms with van der Waals surface area (Å²) >= 11 is 0. The lowest BCUT2D eigenvalue weighted by Crippen LogP contribution is -2.52. The van der Waals surface area contributed by atoms with Crippen LogP contribution in [0, 0.1) is 23.1 Å². The molecule has 0 bridgehead atoms. The highest BCUT2D eigenvalue weighted by Crippen LogP contribution is 2.54. The minimum atomic E-state index is -0.143. The second-order valence-corrected chi connectivity index (χ2v) is 8.28. The molecule has 1 fully saturated rings. The van der Waals surface area contributed by atoms with Gasteiger partial charge in [0.2, 0.25) is 0 Å². The molecule has 1 saturated carbocycles. The molecule has 21 heavy (non-hydrogen) atoms. The van der Waals surface area contributed by atoms with Crippen LogP contribution in [-0.4, -0.2) is 13.1 Å². The third kappa shape index (κ3) is 3.85. The molecule has 0 aliphatic heterocycles. The Labute approximate surface area is 129 Å². The Balaban J connectivity index is 2.11. The average Bonchev–Trinajstić information content (AvgIpc) is 2.31. The number of nitrogens with one attached hydrogen (secondary N) is 1. The van der Waals surface area contributed by atoms with Gasteiger partial charge in [0.15, 0.2) is 0 Å². The van der Waals surface area contributed by atoms with E-state index in [1.807, 2.05) is 12.1 Å². The quantitative estimate of drug-likeness (QED) is 0.824. The summed E-state index contributed by atoms with van der Waals surface area (Å²) in [7, 11) is 0. The van der Waals surface area contributed by atoms with E-state index in [0.29, 0.717) is 11.3 Å². The van der Waals surface area contributed by atoms with Crippen LogP contribution in [0.25, 0.3) is 0 Å². The van der Waals surface area contributed by atoms with E-state index >= 15 is 0 Å². The average molecular weight is 291 g/mol. The third-order valence-electron chi connectivity index (χ3n) is 4.97. The first-order chi connectivity index (χ1) is 9.73. The van der Waals surface area contributed by atoms with E-state index < -0.39 is 0 Å². The summed E-state index contributed by atoms with van der Waals surface area (Å²) in [6.45, 7) is 13.5. The van der Waals surface area contributed by atoms with Crippen LogP contribution in [0.4, 0.5) is 4.39 Å². The van der Waals surface area contributed by atoms with Crippen LogP contribution < -0.4 is 5.32 Å². The smallest absolute Gasteiger partial charge is 0.123 e. The molecule has 1 aromatic carbocycles. The first-order valence-electron chi connectivity index (χ1n) is 8.20. The van der Waals surface area contributed by atoms with Gasteiger partial charge in [-0.25, -0.2) is 4.39 Å². The SMILES string of the molecule is CC(C)CNCC1(c2ccc(F)cc2)CC(C(C)(C)C)C1. The van der Waals surface area contributed by atoms with E-state index in [9.17, 15) is 4.39 Å². The molecule has 0 amide bonds. The van der Waals surface area contributed by atoms with Crippen molar-refractivity contribution in [3.63, 3.8) is 0 Å². The maximum absolute atomic E-state index is 13.2. The number of hydrogen-bond donors (Lipinski definition) is 1. The van der Waals surface area contributed by atoms with Crippen LogP contribution in [0.15, 0.2) is 24.3 Å². The van der Waals surface area contributed by atoms with E-state index in [-0.39, 0.29) is 11.2 Å². The van der Waals surface area contributed by atoms with Gasteiger partial charge in [-0.15, -0.1) is 0 Å². The van der Waals surface area contributed by atoms with Crippen molar-refractivity contribution in [2.75, 3.05) is 13.1 Å². The first kappa shape index (κ1) is 16.5. The van der Waals surface area contributed by atoms with Crippen molar-refractivity contribution in [1.29, 1.82) is 0 Å². The molecule has 0 radical (unpaired) electrons. The lowest BCUT2D eigenvalue weighted by molar-refractivity contribution is 0.0445. The zero-order valence-corrected chi connectivity index (χ0v) is 14.2. The van der Waals surface area contributed by atoms with Gasteiger partial charge in [-0.3, -0.25) is 0 Å². The molecule has 118 valence electrons. The van der Waals surface area contributed by atoms with Gasteiger partial charge in [0.1, 0.15) is 5.82 Å². The summed E-state index contributed by atoms with van der Waals surface area (Å²) in [5, 5.41) is 3.62. The zero-order valence-electron chi connectivity index (χ0n) is 14.2. The Morgan fingerprint density at radius 2 is 1.76 bits per heavy atom. The highest BCUT2D eigenvalue weighted by molar-refractivity contribution is 5.30. The summed E-state index contributed by atoms with van der Waals surface area (Å²) in [5.41, 5.74) is 1.85. The summed E-state index contributed by atoms with van der Waals surface area (Å²) in [5.74, 6) is 1.27. The van der Waals surface area contributed by atoms with Crippen LogP contribution in [0.2, 0.25) is 0 Å². The van der Waals surface area contributed by atoms with E-state index in [0.717, 1.165) is 19.0 Å². The molecule has 1 aliphatic rings. The normalized spacial score (nSPS) is 26.0. The minimum Gasteiger partial charge on any atom is -0.316 e. The molecule has 1 nitrogen and oxygen atoms in total. The van der Waals surface area contributed by atoms with Crippen molar-refractivity contribution < 1.29 is 4.39 Å². The predicted octanol–water partition coefficient (Wildman–Crippen LogP) is 4.77. The van der Waals surface area contributed by atoms with Crippen molar-refractivity contribution in [2.45, 2.75) is 52.9 Å². The van der Waals surface area contributed by atoms with Crippen LogP contribution in [0.3, 0.4) is 0 Å². The molecule has 0 unspecified atom stereocenters. The maximum Gasteiger partial charge on any atom is 0.123 e. The predicted molar refractivity (Wildman–Crippen MR) is 88.0 cm³/mol. The largest absolute Gasteiger partial charge is 0.316 e. The van der Waals surface area contributed by atoms with Gasteiger partial charge in [0, 0.05) is 12.0 Å². The van der Waals surface area contributed by atoms with Gasteiger partial charge in [0.05, 0.1) is 0 Å². The standard InChI is InChI=1S/C19H30FN/c1-14(2)12-21-13-19(10-16(11-19)18(3,4)5)15-6-8-17(20)9-7-15/h6-9,14,16,21H,10-13H2,1-5H3. The van der Waals surface area contributed by atoms with E-state index in [1.165, 1.54) is 18.4 Å². The van der Waals surface area contributed by atoms with E-state index in [4.69, 9.17) is 0 Å². The Morgan fingerprint density at radius 1 is 1.19 bits per heavy atom. The summed E-state index contributed by atoms with van der Waals surface area (Å²) in [6, 6.07) is 7.16. The molecular formula is C19H30FN. The number of halogens is 1. The molecule has 2 heteroatoms. The highest BCUT2D eigenvalue weighted by atomic mass is 19.1. The van der Waals surface area contributed by atoms with Gasteiger partial charge in [-0.1, -0.05) is 46.8 Å². The summed E-state index contributed by atoms with van der Waals surface area (Å²) in [4.78, 5) is 0. The van der Waals surface area contributed by atoms with Crippen molar-refractivity contribution in [3.05, 3.63) is 35.6 Å². The molecule has 0 aromatic heterocycles. The summed E-state index contributed by atoms with van der Waals surface area (Å²) in [6.07, 6.45) is 2.40. The van der Waals surface area contributed by atoms with Gasteiger partial charge in [-0.05, 0) is 54.3 Å². The number of rotatable bonds is 5. The monoisotopic (exact) mass is 291 g/mol. The molecule has 1 N–H and O–H groups in total. The second kappa shape index (κ2) is 6.08. The fourth-order valence-electron chi connectivity index (χ4n) is 3.38. The Bertz CT molecular complexity index is 449. The van der Waals surface area contributed by atoms with Gasteiger partial charge in [-0.2, -0.15) is 0 Å². The van der Waals surface area contributed by atoms with Crippen molar-refractivity contribution >= 4 is 0 Å².